The zero-order valence-electron chi connectivity index (χ0n) is 9.32. The van der Waals surface area contributed by atoms with Crippen LogP contribution in [0.3, 0.4) is 0 Å². The summed E-state index contributed by atoms with van der Waals surface area (Å²) < 4.78 is 5.76. The molecule has 0 bridgehead atoms. The zero-order valence-corrected chi connectivity index (χ0v) is 10.9. The first-order valence-corrected chi connectivity index (χ1v) is 5.70. The third-order valence-electron chi connectivity index (χ3n) is 2.47. The van der Waals surface area contributed by atoms with Crippen molar-refractivity contribution < 1.29 is 14.6 Å². The van der Waals surface area contributed by atoms with Gasteiger partial charge in [0.15, 0.2) is 0 Å². The van der Waals surface area contributed by atoms with Gasteiger partial charge in [-0.2, -0.15) is 0 Å². The minimum absolute atomic E-state index is 0.144. The number of benzene rings is 1. The monoisotopic (exact) mass is 295 g/mol. The summed E-state index contributed by atoms with van der Waals surface area (Å²) >= 11 is 3.30. The number of nitrogens with zero attached hydrogens (tertiary/aromatic N) is 1. The van der Waals surface area contributed by atoms with Gasteiger partial charge in [-0.25, -0.2) is 4.79 Å². The molecule has 1 heterocycles. The van der Waals surface area contributed by atoms with Crippen LogP contribution in [0.2, 0.25) is 0 Å². The maximum absolute atomic E-state index is 11.0. The Hall–Kier alpha value is -1.62. The van der Waals surface area contributed by atoms with Crippen molar-refractivity contribution in [2.45, 2.75) is 6.92 Å². The van der Waals surface area contributed by atoms with E-state index in [-0.39, 0.29) is 5.56 Å². The molecule has 0 unspecified atom stereocenters. The summed E-state index contributed by atoms with van der Waals surface area (Å²) in [5.74, 6) is -0.371. The van der Waals surface area contributed by atoms with Gasteiger partial charge in [-0.1, -0.05) is 0 Å². The molecule has 17 heavy (non-hydrogen) atoms. The van der Waals surface area contributed by atoms with Crippen molar-refractivity contribution in [1.29, 1.82) is 0 Å². The molecule has 4 nitrogen and oxygen atoms in total. The van der Waals surface area contributed by atoms with Crippen molar-refractivity contribution in [1.82, 2.24) is 4.98 Å². The lowest BCUT2D eigenvalue weighted by Crippen LogP contribution is -2.00. The number of fused-ring (bicyclic) bond motifs is 1. The molecule has 0 aliphatic rings. The van der Waals surface area contributed by atoms with E-state index in [4.69, 9.17) is 9.84 Å². The highest BCUT2D eigenvalue weighted by Crippen LogP contribution is 2.32. The van der Waals surface area contributed by atoms with Crippen LogP contribution in [0.5, 0.6) is 5.75 Å². The van der Waals surface area contributed by atoms with Crippen LogP contribution in [0.15, 0.2) is 22.8 Å². The fourth-order valence-corrected chi connectivity index (χ4v) is 2.26. The number of carboxylic acid groups (broad SMARTS) is 1. The first-order valence-electron chi connectivity index (χ1n) is 4.90. The van der Waals surface area contributed by atoms with Gasteiger partial charge in [0, 0.05) is 16.1 Å². The summed E-state index contributed by atoms with van der Waals surface area (Å²) in [7, 11) is 1.56. The van der Waals surface area contributed by atoms with Gasteiger partial charge in [0.1, 0.15) is 11.3 Å². The number of halogens is 1. The quantitative estimate of drug-likeness (QED) is 0.925. The number of aromatic nitrogens is 1. The molecule has 0 saturated carbocycles. The number of carbonyl (C=O) groups is 1. The van der Waals surface area contributed by atoms with Gasteiger partial charge in [0.2, 0.25) is 0 Å². The summed E-state index contributed by atoms with van der Waals surface area (Å²) in [4.78, 5) is 15.1. The second kappa shape index (κ2) is 4.33. The van der Waals surface area contributed by atoms with Gasteiger partial charge >= 0.3 is 5.97 Å². The molecule has 0 aliphatic carbocycles. The number of aromatic carboxylic acids is 1. The molecule has 0 atom stereocenters. The molecule has 88 valence electrons. The highest BCUT2D eigenvalue weighted by Gasteiger charge is 2.14. The molecule has 2 rings (SSSR count). The van der Waals surface area contributed by atoms with Crippen molar-refractivity contribution in [2.75, 3.05) is 7.11 Å². The number of hydrogen-bond acceptors (Lipinski definition) is 3. The molecule has 0 saturated heterocycles. The van der Waals surface area contributed by atoms with Crippen LogP contribution in [0.4, 0.5) is 0 Å². The highest BCUT2D eigenvalue weighted by atomic mass is 79.9. The SMILES string of the molecule is COc1cc(C)cc2c(Br)c(C(=O)O)cnc12. The van der Waals surface area contributed by atoms with Crippen LogP contribution in [0.25, 0.3) is 10.9 Å². The number of aryl methyl sites for hydroxylation is 1. The molecule has 1 aromatic carbocycles. The summed E-state index contributed by atoms with van der Waals surface area (Å²) in [6.07, 6.45) is 1.33. The predicted molar refractivity (Wildman–Crippen MR) is 67.7 cm³/mol. The molecular formula is C12H10BrNO3. The van der Waals surface area contributed by atoms with Gasteiger partial charge in [-0.05, 0) is 40.5 Å². The van der Waals surface area contributed by atoms with E-state index in [2.05, 4.69) is 20.9 Å². The third kappa shape index (κ3) is 1.98. The molecule has 0 aliphatic heterocycles. The Morgan fingerprint density at radius 2 is 2.18 bits per heavy atom. The van der Waals surface area contributed by atoms with Gasteiger partial charge in [0.05, 0.1) is 12.7 Å². The van der Waals surface area contributed by atoms with Crippen molar-refractivity contribution >= 4 is 32.8 Å². The maximum Gasteiger partial charge on any atom is 0.338 e. The molecular weight excluding hydrogens is 286 g/mol. The molecule has 0 amide bonds. The number of rotatable bonds is 2. The summed E-state index contributed by atoms with van der Waals surface area (Å²) in [5, 5.41) is 9.76. The highest BCUT2D eigenvalue weighted by molar-refractivity contribution is 9.10. The van der Waals surface area contributed by atoms with Crippen molar-refractivity contribution in [3.63, 3.8) is 0 Å². The van der Waals surface area contributed by atoms with E-state index in [0.29, 0.717) is 15.7 Å². The summed E-state index contributed by atoms with van der Waals surface area (Å²) in [5.41, 5.74) is 1.78. The first kappa shape index (κ1) is 11.9. The van der Waals surface area contributed by atoms with E-state index in [1.165, 1.54) is 6.20 Å². The summed E-state index contributed by atoms with van der Waals surface area (Å²) in [6, 6.07) is 3.74. The Kier molecular flexibility index (Phi) is 3.02. The average Bonchev–Trinajstić information content (AvgIpc) is 2.28. The van der Waals surface area contributed by atoms with E-state index in [9.17, 15) is 4.79 Å². The lowest BCUT2D eigenvalue weighted by molar-refractivity contribution is 0.0695. The van der Waals surface area contributed by atoms with Crippen LogP contribution < -0.4 is 4.74 Å². The van der Waals surface area contributed by atoms with E-state index in [0.717, 1.165) is 10.9 Å². The van der Waals surface area contributed by atoms with Gasteiger partial charge < -0.3 is 9.84 Å². The van der Waals surface area contributed by atoms with Crippen LogP contribution in [0.1, 0.15) is 15.9 Å². The Balaban J connectivity index is 2.86. The molecule has 0 fully saturated rings. The summed E-state index contributed by atoms with van der Waals surface area (Å²) in [6.45, 7) is 1.92. The molecule has 0 spiro atoms. The predicted octanol–water partition coefficient (Wildman–Crippen LogP) is 3.01. The van der Waals surface area contributed by atoms with E-state index in [1.807, 2.05) is 19.1 Å². The minimum atomic E-state index is -1.01. The molecule has 5 heteroatoms. The van der Waals surface area contributed by atoms with E-state index >= 15 is 0 Å². The van der Waals surface area contributed by atoms with Crippen LogP contribution in [-0.4, -0.2) is 23.2 Å². The molecule has 0 radical (unpaired) electrons. The zero-order chi connectivity index (χ0) is 12.6. The lowest BCUT2D eigenvalue weighted by atomic mass is 10.1. The van der Waals surface area contributed by atoms with Crippen molar-refractivity contribution in [3.05, 3.63) is 33.9 Å². The number of hydrogen-bond donors (Lipinski definition) is 1. The number of ether oxygens (including phenoxy) is 1. The second-order valence-electron chi connectivity index (χ2n) is 3.65. The van der Waals surface area contributed by atoms with Crippen LogP contribution >= 0.6 is 15.9 Å². The van der Waals surface area contributed by atoms with Gasteiger partial charge in [-0.3, -0.25) is 4.98 Å². The minimum Gasteiger partial charge on any atom is -0.494 e. The largest absolute Gasteiger partial charge is 0.494 e. The van der Waals surface area contributed by atoms with Crippen molar-refractivity contribution in [2.24, 2.45) is 0 Å². The average molecular weight is 296 g/mol. The topological polar surface area (TPSA) is 59.4 Å². The maximum atomic E-state index is 11.0. The number of carboxylic acids is 1. The second-order valence-corrected chi connectivity index (χ2v) is 4.45. The fraction of sp³-hybridized carbons (Fsp3) is 0.167. The van der Waals surface area contributed by atoms with Gasteiger partial charge in [-0.15, -0.1) is 0 Å². The van der Waals surface area contributed by atoms with E-state index < -0.39 is 5.97 Å². The first-order chi connectivity index (χ1) is 8.04. The van der Waals surface area contributed by atoms with Gasteiger partial charge in [0.25, 0.3) is 0 Å². The van der Waals surface area contributed by atoms with Crippen molar-refractivity contribution in [3.8, 4) is 5.75 Å². The number of pyridine rings is 1. The molecule has 2 aromatic rings. The number of methoxy groups -OCH3 is 1. The Bertz CT molecular complexity index is 610. The molecule has 1 aromatic heterocycles. The Morgan fingerprint density at radius 3 is 2.76 bits per heavy atom. The smallest absolute Gasteiger partial charge is 0.338 e. The Labute approximate surface area is 106 Å². The van der Waals surface area contributed by atoms with E-state index in [1.54, 1.807) is 7.11 Å². The fourth-order valence-electron chi connectivity index (χ4n) is 1.68. The van der Waals surface area contributed by atoms with Crippen LogP contribution in [-0.2, 0) is 0 Å². The van der Waals surface area contributed by atoms with Crippen LogP contribution in [0, 0.1) is 6.92 Å². The Morgan fingerprint density at radius 1 is 1.47 bits per heavy atom. The lowest BCUT2D eigenvalue weighted by Gasteiger charge is -2.09. The standard InChI is InChI=1S/C12H10BrNO3/c1-6-3-7-10(13)8(12(15)16)5-14-11(7)9(4-6)17-2/h3-5H,1-2H3,(H,15,16). The third-order valence-corrected chi connectivity index (χ3v) is 3.32. The normalized spacial score (nSPS) is 10.5. The molecule has 1 N–H and O–H groups in total.